The molecule has 0 saturated heterocycles. The van der Waals surface area contributed by atoms with Gasteiger partial charge in [0.15, 0.2) is 0 Å². The number of hydrogen-bond donors (Lipinski definition) is 0. The highest BCUT2D eigenvalue weighted by atomic mass is 79.9. The monoisotopic (exact) mass is 256 g/mol. The van der Waals surface area contributed by atoms with Crippen LogP contribution in [0.25, 0.3) is 0 Å². The summed E-state index contributed by atoms with van der Waals surface area (Å²) in [5, 5.41) is 0.246. The Balaban J connectivity index is 2.68. The Bertz CT molecular complexity index is 285. The molecule has 1 unspecified atom stereocenters. The van der Waals surface area contributed by atoms with Crippen LogP contribution in [0.4, 0.5) is 0 Å². The maximum absolute atomic E-state index is 11.1. The van der Waals surface area contributed by atoms with Gasteiger partial charge in [0, 0.05) is 0 Å². The molecule has 0 aromatic heterocycles. The van der Waals surface area contributed by atoms with Gasteiger partial charge in [-0.05, 0) is 12.0 Å². The van der Waals surface area contributed by atoms with Gasteiger partial charge in [-0.15, -0.1) is 0 Å². The van der Waals surface area contributed by atoms with Gasteiger partial charge in [-0.1, -0.05) is 53.2 Å². The fourth-order valence-electron chi connectivity index (χ4n) is 1.24. The van der Waals surface area contributed by atoms with Gasteiger partial charge in [-0.3, -0.25) is 4.79 Å². The Morgan fingerprint density at radius 3 is 2.57 bits per heavy atom. The van der Waals surface area contributed by atoms with Gasteiger partial charge >= 0.3 is 5.97 Å². The zero-order chi connectivity index (χ0) is 10.4. The third kappa shape index (κ3) is 3.14. The Hall–Kier alpha value is -0.830. The van der Waals surface area contributed by atoms with Crippen molar-refractivity contribution in [2.24, 2.45) is 0 Å². The van der Waals surface area contributed by atoms with Gasteiger partial charge in [0.1, 0.15) is 11.4 Å². The van der Waals surface area contributed by atoms with E-state index in [0.717, 1.165) is 12.0 Å². The van der Waals surface area contributed by atoms with E-state index in [4.69, 9.17) is 4.74 Å². The minimum Gasteiger partial charge on any atom is -0.457 e. The van der Waals surface area contributed by atoms with Crippen molar-refractivity contribution in [2.45, 2.75) is 19.4 Å². The standard InChI is InChI=1S/C11H13BrO2/c1-2-10(14-11(13)8-12)9-6-4-3-5-7-9/h3-7,10H,2,8H2,1H3. The largest absolute Gasteiger partial charge is 0.457 e. The molecule has 0 heterocycles. The average molecular weight is 257 g/mol. The molecule has 0 saturated carbocycles. The number of halogens is 1. The maximum atomic E-state index is 11.1. The summed E-state index contributed by atoms with van der Waals surface area (Å²) in [5.41, 5.74) is 1.05. The number of alkyl halides is 1. The van der Waals surface area contributed by atoms with Crippen LogP contribution in [-0.2, 0) is 9.53 Å². The van der Waals surface area contributed by atoms with Crippen LogP contribution >= 0.6 is 15.9 Å². The number of carbonyl (C=O) groups excluding carboxylic acids is 1. The molecule has 0 spiro atoms. The van der Waals surface area contributed by atoms with Crippen LogP contribution in [-0.4, -0.2) is 11.3 Å². The predicted octanol–water partition coefficient (Wildman–Crippen LogP) is 3.08. The number of carbonyl (C=O) groups is 1. The molecule has 0 aliphatic heterocycles. The van der Waals surface area contributed by atoms with Gasteiger partial charge in [-0.2, -0.15) is 0 Å². The lowest BCUT2D eigenvalue weighted by Gasteiger charge is -2.15. The number of rotatable bonds is 4. The van der Waals surface area contributed by atoms with E-state index in [0.29, 0.717) is 0 Å². The van der Waals surface area contributed by atoms with Crippen LogP contribution in [0, 0.1) is 0 Å². The lowest BCUT2D eigenvalue weighted by atomic mass is 10.1. The fourth-order valence-corrected chi connectivity index (χ4v) is 1.38. The molecule has 2 nitrogen and oxygen atoms in total. The van der Waals surface area contributed by atoms with E-state index in [1.54, 1.807) is 0 Å². The summed E-state index contributed by atoms with van der Waals surface area (Å²) in [6.45, 7) is 2.00. The smallest absolute Gasteiger partial charge is 0.317 e. The normalized spacial score (nSPS) is 12.1. The SMILES string of the molecule is CCC(OC(=O)CBr)c1ccccc1. The van der Waals surface area contributed by atoms with E-state index >= 15 is 0 Å². The summed E-state index contributed by atoms with van der Waals surface area (Å²) in [6, 6.07) is 9.77. The molecule has 0 aliphatic rings. The van der Waals surface area contributed by atoms with Crippen LogP contribution in [0.15, 0.2) is 30.3 Å². The zero-order valence-corrected chi connectivity index (χ0v) is 9.66. The number of esters is 1. The number of hydrogen-bond acceptors (Lipinski definition) is 2. The Kier molecular flexibility index (Phi) is 4.66. The highest BCUT2D eigenvalue weighted by Crippen LogP contribution is 2.20. The summed E-state index contributed by atoms with van der Waals surface area (Å²) in [7, 11) is 0. The molecule has 14 heavy (non-hydrogen) atoms. The van der Waals surface area contributed by atoms with Crippen molar-refractivity contribution in [3.8, 4) is 0 Å². The molecule has 0 N–H and O–H groups in total. The van der Waals surface area contributed by atoms with Crippen molar-refractivity contribution in [3.05, 3.63) is 35.9 Å². The second-order valence-electron chi connectivity index (χ2n) is 2.93. The summed E-state index contributed by atoms with van der Waals surface area (Å²) in [6.07, 6.45) is 0.671. The van der Waals surface area contributed by atoms with Gasteiger partial charge in [-0.25, -0.2) is 0 Å². The molecule has 1 aromatic carbocycles. The Labute approximate surface area is 92.4 Å². The minimum atomic E-state index is -0.222. The van der Waals surface area contributed by atoms with Crippen molar-refractivity contribution >= 4 is 21.9 Å². The molecule has 0 amide bonds. The first-order valence-electron chi connectivity index (χ1n) is 4.58. The van der Waals surface area contributed by atoms with E-state index < -0.39 is 0 Å². The summed E-state index contributed by atoms with van der Waals surface area (Å²) in [5.74, 6) is -0.222. The molecule has 0 fully saturated rings. The molecule has 3 heteroatoms. The van der Waals surface area contributed by atoms with Crippen molar-refractivity contribution in [1.82, 2.24) is 0 Å². The first-order valence-corrected chi connectivity index (χ1v) is 5.70. The molecule has 76 valence electrons. The molecule has 0 bridgehead atoms. The van der Waals surface area contributed by atoms with E-state index in [9.17, 15) is 4.79 Å². The molecule has 0 radical (unpaired) electrons. The first-order chi connectivity index (χ1) is 6.77. The zero-order valence-electron chi connectivity index (χ0n) is 8.07. The second kappa shape index (κ2) is 5.81. The van der Waals surface area contributed by atoms with Crippen LogP contribution in [0.5, 0.6) is 0 Å². The number of benzene rings is 1. The minimum absolute atomic E-state index is 0.124. The highest BCUT2D eigenvalue weighted by molar-refractivity contribution is 9.09. The van der Waals surface area contributed by atoms with Crippen LogP contribution in [0.1, 0.15) is 25.0 Å². The maximum Gasteiger partial charge on any atom is 0.317 e. The van der Waals surface area contributed by atoms with Crippen molar-refractivity contribution < 1.29 is 9.53 Å². The first kappa shape index (κ1) is 11.2. The third-order valence-electron chi connectivity index (χ3n) is 1.92. The summed E-state index contributed by atoms with van der Waals surface area (Å²) < 4.78 is 5.25. The lowest BCUT2D eigenvalue weighted by Crippen LogP contribution is -2.11. The van der Waals surface area contributed by atoms with E-state index in [1.165, 1.54) is 0 Å². The van der Waals surface area contributed by atoms with Gasteiger partial charge in [0.05, 0.1) is 0 Å². The van der Waals surface area contributed by atoms with Crippen molar-refractivity contribution in [1.29, 1.82) is 0 Å². The van der Waals surface area contributed by atoms with E-state index in [-0.39, 0.29) is 17.4 Å². The van der Waals surface area contributed by atoms with Crippen molar-refractivity contribution in [3.63, 3.8) is 0 Å². The van der Waals surface area contributed by atoms with Gasteiger partial charge < -0.3 is 4.74 Å². The third-order valence-corrected chi connectivity index (χ3v) is 2.38. The fraction of sp³-hybridized carbons (Fsp3) is 0.364. The summed E-state index contributed by atoms with van der Waals surface area (Å²) >= 11 is 3.07. The quantitative estimate of drug-likeness (QED) is 0.612. The van der Waals surface area contributed by atoms with E-state index in [2.05, 4.69) is 15.9 Å². The molecule has 1 aromatic rings. The second-order valence-corrected chi connectivity index (χ2v) is 3.49. The lowest BCUT2D eigenvalue weighted by molar-refractivity contribution is -0.146. The molecule has 1 rings (SSSR count). The van der Waals surface area contributed by atoms with E-state index in [1.807, 2.05) is 37.3 Å². The molecular formula is C11H13BrO2. The molecular weight excluding hydrogens is 244 g/mol. The Morgan fingerprint density at radius 1 is 1.43 bits per heavy atom. The highest BCUT2D eigenvalue weighted by Gasteiger charge is 2.12. The van der Waals surface area contributed by atoms with Gasteiger partial charge in [0.25, 0.3) is 0 Å². The predicted molar refractivity (Wildman–Crippen MR) is 59.4 cm³/mol. The summed E-state index contributed by atoms with van der Waals surface area (Å²) in [4.78, 5) is 11.1. The van der Waals surface area contributed by atoms with Crippen LogP contribution in [0.2, 0.25) is 0 Å². The molecule has 1 atom stereocenters. The van der Waals surface area contributed by atoms with Gasteiger partial charge in [0.2, 0.25) is 0 Å². The van der Waals surface area contributed by atoms with Crippen LogP contribution in [0.3, 0.4) is 0 Å². The molecule has 0 aliphatic carbocycles. The van der Waals surface area contributed by atoms with Crippen LogP contribution < -0.4 is 0 Å². The Morgan fingerprint density at radius 2 is 2.07 bits per heavy atom. The number of ether oxygens (including phenoxy) is 1. The topological polar surface area (TPSA) is 26.3 Å². The average Bonchev–Trinajstić information content (AvgIpc) is 2.26. The van der Waals surface area contributed by atoms with Crippen molar-refractivity contribution in [2.75, 3.05) is 5.33 Å².